The smallest absolute Gasteiger partial charge is 0.299 e. The third-order valence-electron chi connectivity index (χ3n) is 3.48. The van der Waals surface area contributed by atoms with Crippen LogP contribution in [-0.2, 0) is 0 Å². The quantitative estimate of drug-likeness (QED) is 0.513. The summed E-state index contributed by atoms with van der Waals surface area (Å²) < 4.78 is 13.1. The lowest BCUT2D eigenvalue weighted by Gasteiger charge is -2.05. The first-order valence-electron chi connectivity index (χ1n) is 7.99. The lowest BCUT2D eigenvalue weighted by atomic mass is 10.2. The van der Waals surface area contributed by atoms with Crippen LogP contribution in [0.1, 0.15) is 13.3 Å². The zero-order valence-electron chi connectivity index (χ0n) is 13.6. The van der Waals surface area contributed by atoms with Crippen LogP contribution in [0.3, 0.4) is 0 Å². The van der Waals surface area contributed by atoms with Crippen molar-refractivity contribution in [3.8, 4) is 28.0 Å². The first-order valence-corrected chi connectivity index (χ1v) is 8.81. The van der Waals surface area contributed by atoms with Crippen molar-refractivity contribution in [3.05, 3.63) is 55.0 Å². The zero-order valence-corrected chi connectivity index (χ0v) is 14.4. The Hall–Kier alpha value is -2.93. The Bertz CT molecular complexity index is 932. The van der Waals surface area contributed by atoms with E-state index in [0.29, 0.717) is 17.6 Å². The summed E-state index contributed by atoms with van der Waals surface area (Å²) >= 11 is 1.39. The normalized spacial score (nSPS) is 10.9. The Morgan fingerprint density at radius 1 is 1.12 bits per heavy atom. The molecule has 6 nitrogen and oxygen atoms in total. The van der Waals surface area contributed by atoms with Gasteiger partial charge in [-0.05, 0) is 54.2 Å². The highest BCUT2D eigenvalue weighted by Gasteiger charge is 2.11. The molecular weight excluding hydrogens is 336 g/mol. The van der Waals surface area contributed by atoms with Crippen molar-refractivity contribution in [2.45, 2.75) is 13.3 Å². The molecule has 0 aliphatic heterocycles. The molecule has 0 aliphatic rings. The van der Waals surface area contributed by atoms with Gasteiger partial charge in [-0.15, -0.1) is 5.10 Å². The van der Waals surface area contributed by atoms with Crippen LogP contribution in [0.4, 0.5) is 0 Å². The van der Waals surface area contributed by atoms with Crippen molar-refractivity contribution in [1.29, 1.82) is 0 Å². The number of nitrogens with zero attached hydrogens (tertiary/aromatic N) is 4. The molecule has 4 rings (SSSR count). The topological polar surface area (TPSA) is 61.5 Å². The van der Waals surface area contributed by atoms with Crippen LogP contribution in [-0.4, -0.2) is 26.2 Å². The Morgan fingerprint density at radius 2 is 1.96 bits per heavy atom. The van der Waals surface area contributed by atoms with E-state index in [1.54, 1.807) is 16.9 Å². The molecule has 126 valence electrons. The van der Waals surface area contributed by atoms with Crippen LogP contribution in [0.2, 0.25) is 0 Å². The van der Waals surface area contributed by atoms with Crippen LogP contribution in [0.25, 0.3) is 16.2 Å². The fourth-order valence-corrected chi connectivity index (χ4v) is 3.06. The molecule has 0 N–H and O–H groups in total. The summed E-state index contributed by atoms with van der Waals surface area (Å²) in [7, 11) is 0. The molecule has 0 fully saturated rings. The number of imidazole rings is 1. The molecule has 7 heteroatoms. The number of hydrogen-bond acceptors (Lipinski definition) is 6. The molecule has 0 aliphatic carbocycles. The minimum absolute atomic E-state index is 0.544. The van der Waals surface area contributed by atoms with Gasteiger partial charge in [0.2, 0.25) is 4.96 Å². The molecule has 0 saturated carbocycles. The summed E-state index contributed by atoms with van der Waals surface area (Å²) in [5.74, 6) is 1.55. The second-order valence-corrected chi connectivity index (χ2v) is 6.30. The fraction of sp³-hybridized carbons (Fsp3) is 0.167. The SMILES string of the molecule is CCCOc1ccc(Oc2nn3cc(-c4cccnc4)nc3s2)cc1. The Labute approximate surface area is 148 Å². The first-order chi connectivity index (χ1) is 12.3. The highest BCUT2D eigenvalue weighted by molar-refractivity contribution is 7.18. The van der Waals surface area contributed by atoms with E-state index in [4.69, 9.17) is 9.47 Å². The number of benzene rings is 1. The fourth-order valence-electron chi connectivity index (χ4n) is 2.30. The summed E-state index contributed by atoms with van der Waals surface area (Å²) in [6.45, 7) is 2.79. The average molecular weight is 352 g/mol. The zero-order chi connectivity index (χ0) is 17.1. The first kappa shape index (κ1) is 15.6. The lowest BCUT2D eigenvalue weighted by molar-refractivity contribution is 0.317. The van der Waals surface area contributed by atoms with Crippen molar-refractivity contribution < 1.29 is 9.47 Å². The van der Waals surface area contributed by atoms with E-state index >= 15 is 0 Å². The van der Waals surface area contributed by atoms with E-state index in [0.717, 1.165) is 28.4 Å². The molecule has 0 saturated heterocycles. The van der Waals surface area contributed by atoms with Gasteiger partial charge in [0.1, 0.15) is 11.5 Å². The van der Waals surface area contributed by atoms with Crippen molar-refractivity contribution in [3.63, 3.8) is 0 Å². The van der Waals surface area contributed by atoms with Gasteiger partial charge in [0.05, 0.1) is 18.5 Å². The predicted octanol–water partition coefficient (Wildman–Crippen LogP) is 4.43. The minimum atomic E-state index is 0.544. The summed E-state index contributed by atoms with van der Waals surface area (Å²) in [6, 6.07) is 11.4. The molecule has 0 amide bonds. The van der Waals surface area contributed by atoms with Gasteiger partial charge in [0, 0.05) is 18.0 Å². The van der Waals surface area contributed by atoms with Crippen LogP contribution in [0, 0.1) is 0 Å². The number of hydrogen-bond donors (Lipinski definition) is 0. The molecule has 4 aromatic rings. The summed E-state index contributed by atoms with van der Waals surface area (Å²) in [6.07, 6.45) is 6.38. The van der Waals surface area contributed by atoms with Gasteiger partial charge in [0.25, 0.3) is 5.19 Å². The van der Waals surface area contributed by atoms with Crippen molar-refractivity contribution in [2.24, 2.45) is 0 Å². The third-order valence-corrected chi connectivity index (χ3v) is 4.28. The van der Waals surface area contributed by atoms with E-state index in [1.807, 2.05) is 42.6 Å². The van der Waals surface area contributed by atoms with Crippen LogP contribution in [0.5, 0.6) is 16.7 Å². The maximum Gasteiger partial charge on any atom is 0.299 e. The van der Waals surface area contributed by atoms with Gasteiger partial charge in [-0.25, -0.2) is 9.50 Å². The maximum atomic E-state index is 5.81. The summed E-state index contributed by atoms with van der Waals surface area (Å²) in [5, 5.41) is 4.97. The largest absolute Gasteiger partial charge is 0.494 e. The molecular formula is C18H16N4O2S. The molecule has 3 heterocycles. The van der Waals surface area contributed by atoms with E-state index in [1.165, 1.54) is 11.3 Å². The lowest BCUT2D eigenvalue weighted by Crippen LogP contribution is -1.94. The van der Waals surface area contributed by atoms with Crippen molar-refractivity contribution in [2.75, 3.05) is 6.61 Å². The average Bonchev–Trinajstić information content (AvgIpc) is 3.20. The Kier molecular flexibility index (Phi) is 4.30. The number of aromatic nitrogens is 4. The van der Waals surface area contributed by atoms with Crippen LogP contribution >= 0.6 is 11.3 Å². The maximum absolute atomic E-state index is 5.81. The number of ether oxygens (including phenoxy) is 2. The monoisotopic (exact) mass is 352 g/mol. The summed E-state index contributed by atoms with van der Waals surface area (Å²) in [5.41, 5.74) is 1.81. The Balaban J connectivity index is 1.50. The van der Waals surface area contributed by atoms with Crippen LogP contribution < -0.4 is 9.47 Å². The molecule has 25 heavy (non-hydrogen) atoms. The van der Waals surface area contributed by atoms with Crippen molar-refractivity contribution in [1.82, 2.24) is 19.6 Å². The standard InChI is InChI=1S/C18H16N4O2S/c1-2-10-23-14-5-7-15(8-6-14)24-18-21-22-12-16(20-17(22)25-18)13-4-3-9-19-11-13/h3-9,11-12H,2,10H2,1H3. The molecule has 1 aromatic carbocycles. The van der Waals surface area contributed by atoms with Gasteiger partial charge >= 0.3 is 0 Å². The summed E-state index contributed by atoms with van der Waals surface area (Å²) in [4.78, 5) is 9.46. The van der Waals surface area contributed by atoms with E-state index in [-0.39, 0.29) is 0 Å². The van der Waals surface area contributed by atoms with Gasteiger partial charge in [-0.3, -0.25) is 4.98 Å². The van der Waals surface area contributed by atoms with E-state index in [9.17, 15) is 0 Å². The van der Waals surface area contributed by atoms with Gasteiger partial charge in [-0.2, -0.15) is 0 Å². The molecule has 3 aromatic heterocycles. The molecule has 0 spiro atoms. The van der Waals surface area contributed by atoms with Gasteiger partial charge in [-0.1, -0.05) is 6.92 Å². The number of rotatable bonds is 6. The molecule has 0 atom stereocenters. The predicted molar refractivity (Wildman–Crippen MR) is 96.4 cm³/mol. The second kappa shape index (κ2) is 6.90. The van der Waals surface area contributed by atoms with Crippen LogP contribution in [0.15, 0.2) is 55.0 Å². The third kappa shape index (κ3) is 3.46. The van der Waals surface area contributed by atoms with Gasteiger partial charge < -0.3 is 9.47 Å². The highest BCUT2D eigenvalue weighted by Crippen LogP contribution is 2.29. The molecule has 0 radical (unpaired) electrons. The van der Waals surface area contributed by atoms with E-state index < -0.39 is 0 Å². The minimum Gasteiger partial charge on any atom is -0.494 e. The second-order valence-electron chi connectivity index (χ2n) is 5.38. The Morgan fingerprint density at radius 3 is 2.68 bits per heavy atom. The molecule has 0 bridgehead atoms. The number of pyridine rings is 1. The molecule has 0 unspecified atom stereocenters. The van der Waals surface area contributed by atoms with Gasteiger partial charge in [0.15, 0.2) is 0 Å². The van der Waals surface area contributed by atoms with Crippen molar-refractivity contribution >= 4 is 16.3 Å². The number of fused-ring (bicyclic) bond motifs is 1. The highest BCUT2D eigenvalue weighted by atomic mass is 32.1. The van der Waals surface area contributed by atoms with E-state index in [2.05, 4.69) is 22.0 Å².